The van der Waals surface area contributed by atoms with Crippen molar-refractivity contribution in [3.8, 4) is 16.8 Å². The molecule has 0 fully saturated rings. The zero-order valence-electron chi connectivity index (χ0n) is 20.2. The Hall–Kier alpha value is -4.00. The zero-order chi connectivity index (χ0) is 25.8. The lowest BCUT2D eigenvalue weighted by molar-refractivity contribution is 0.0697. The minimum Gasteiger partial charge on any atom is -0.478 e. The van der Waals surface area contributed by atoms with Gasteiger partial charge in [0.15, 0.2) is 0 Å². The monoisotopic (exact) mass is 490 g/mol. The summed E-state index contributed by atoms with van der Waals surface area (Å²) >= 11 is 0. The van der Waals surface area contributed by atoms with E-state index in [2.05, 4.69) is 0 Å². The minimum absolute atomic E-state index is 0.132. The molecule has 5 nitrogen and oxygen atoms in total. The summed E-state index contributed by atoms with van der Waals surface area (Å²) in [5.74, 6) is -0.731. The molecule has 36 heavy (non-hydrogen) atoms. The molecule has 0 saturated heterocycles. The highest BCUT2D eigenvalue weighted by Crippen LogP contribution is 2.28. The summed E-state index contributed by atoms with van der Waals surface area (Å²) in [6, 6.07) is 22.4. The predicted octanol–water partition coefficient (Wildman–Crippen LogP) is 6.58. The molecule has 0 amide bonds. The maximum absolute atomic E-state index is 14.4. The van der Waals surface area contributed by atoms with Crippen LogP contribution < -0.4 is 5.69 Å². The number of carboxylic acid groups (broad SMARTS) is 1. The van der Waals surface area contributed by atoms with Crippen LogP contribution in [0.2, 0.25) is 0 Å². The van der Waals surface area contributed by atoms with Crippen LogP contribution in [0.15, 0.2) is 83.7 Å². The van der Waals surface area contributed by atoms with Gasteiger partial charge in [0.05, 0.1) is 17.8 Å². The second kappa shape index (κ2) is 10.7. The molecule has 0 radical (unpaired) electrons. The average molecular weight is 491 g/mol. The minimum atomic E-state index is -2.81. The molecule has 0 aliphatic rings. The smallest absolute Gasteiger partial charge is 0.336 e. The summed E-state index contributed by atoms with van der Waals surface area (Å²) in [6.45, 7) is 4.17. The Morgan fingerprint density at radius 1 is 0.917 bits per heavy atom. The van der Waals surface area contributed by atoms with Crippen LogP contribution in [-0.4, -0.2) is 20.2 Å². The highest BCUT2D eigenvalue weighted by Gasteiger charge is 2.27. The topological polar surface area (TPSA) is 64.2 Å². The molecule has 0 aliphatic heterocycles. The van der Waals surface area contributed by atoms with Crippen molar-refractivity contribution >= 4 is 5.97 Å². The number of hydrogen-bond acceptors (Lipinski definition) is 2. The lowest BCUT2D eigenvalue weighted by atomic mass is 9.98. The number of para-hydroxylation sites is 1. The third kappa shape index (κ3) is 5.15. The van der Waals surface area contributed by atoms with Crippen molar-refractivity contribution in [2.75, 3.05) is 0 Å². The Balaban J connectivity index is 1.77. The molecule has 0 saturated carbocycles. The van der Waals surface area contributed by atoms with E-state index >= 15 is 0 Å². The van der Waals surface area contributed by atoms with Gasteiger partial charge in [-0.25, -0.2) is 18.4 Å². The molecule has 0 spiro atoms. The Bertz CT molecular complexity index is 1400. The molecule has 3 aromatic carbocycles. The fourth-order valence-corrected chi connectivity index (χ4v) is 4.40. The molecule has 0 atom stereocenters. The summed E-state index contributed by atoms with van der Waals surface area (Å²) in [6.07, 6.45) is -1.78. The summed E-state index contributed by atoms with van der Waals surface area (Å²) in [5.41, 5.74) is 2.23. The number of alkyl halides is 2. The Labute approximate surface area is 208 Å². The summed E-state index contributed by atoms with van der Waals surface area (Å²) < 4.78 is 31.3. The predicted molar refractivity (Wildman–Crippen MR) is 136 cm³/mol. The number of aromatic nitrogens is 2. The third-order valence-electron chi connectivity index (χ3n) is 6.23. The highest BCUT2D eigenvalue weighted by molar-refractivity contribution is 5.95. The van der Waals surface area contributed by atoms with E-state index in [1.165, 1.54) is 4.57 Å². The maximum atomic E-state index is 14.4. The molecule has 4 rings (SSSR count). The summed E-state index contributed by atoms with van der Waals surface area (Å²) in [4.78, 5) is 25.1. The maximum Gasteiger partial charge on any atom is 0.336 e. The van der Waals surface area contributed by atoms with Crippen LogP contribution in [0, 0.1) is 5.92 Å². The van der Waals surface area contributed by atoms with Gasteiger partial charge in [-0.1, -0.05) is 74.5 Å². The second-order valence-electron chi connectivity index (χ2n) is 9.15. The van der Waals surface area contributed by atoms with Crippen molar-refractivity contribution in [1.82, 2.24) is 9.13 Å². The lowest BCUT2D eigenvalue weighted by Gasteiger charge is -2.12. The number of halogens is 2. The quantitative estimate of drug-likeness (QED) is 0.288. The first-order chi connectivity index (χ1) is 17.3. The first-order valence-corrected chi connectivity index (χ1v) is 11.9. The largest absolute Gasteiger partial charge is 0.478 e. The van der Waals surface area contributed by atoms with Gasteiger partial charge >= 0.3 is 11.7 Å². The van der Waals surface area contributed by atoms with Gasteiger partial charge in [0, 0.05) is 5.69 Å². The zero-order valence-corrected chi connectivity index (χ0v) is 20.2. The molecule has 0 aliphatic carbocycles. The molecule has 7 heteroatoms. The van der Waals surface area contributed by atoms with Gasteiger partial charge in [0.1, 0.15) is 5.69 Å². The number of nitrogens with zero attached hydrogens (tertiary/aromatic N) is 2. The Kier molecular flexibility index (Phi) is 7.48. The third-order valence-corrected chi connectivity index (χ3v) is 6.23. The summed E-state index contributed by atoms with van der Waals surface area (Å²) in [5, 5.41) is 9.49. The number of hydrogen-bond donors (Lipinski definition) is 1. The van der Waals surface area contributed by atoms with Crippen LogP contribution in [0.3, 0.4) is 0 Å². The summed E-state index contributed by atoms with van der Waals surface area (Å²) in [7, 11) is 0. The van der Waals surface area contributed by atoms with Crippen molar-refractivity contribution in [3.63, 3.8) is 0 Å². The molecule has 186 valence electrons. The molecule has 1 aromatic heterocycles. The molecule has 1 N–H and O–H groups in total. The molecule has 0 unspecified atom stereocenters. The van der Waals surface area contributed by atoms with Gasteiger partial charge in [-0.2, -0.15) is 0 Å². The van der Waals surface area contributed by atoms with Gasteiger partial charge in [-0.05, 0) is 53.6 Å². The molecule has 1 heterocycles. The van der Waals surface area contributed by atoms with Gasteiger partial charge < -0.3 is 5.11 Å². The van der Waals surface area contributed by atoms with E-state index in [1.807, 2.05) is 13.8 Å². The van der Waals surface area contributed by atoms with E-state index < -0.39 is 18.1 Å². The van der Waals surface area contributed by atoms with Crippen molar-refractivity contribution in [2.24, 2.45) is 5.92 Å². The van der Waals surface area contributed by atoms with Crippen LogP contribution in [0.25, 0.3) is 16.8 Å². The van der Waals surface area contributed by atoms with Crippen LogP contribution in [0.5, 0.6) is 0 Å². The van der Waals surface area contributed by atoms with Crippen molar-refractivity contribution < 1.29 is 18.7 Å². The number of imidazole rings is 1. The fraction of sp³-hybridized carbons (Fsp3) is 0.241. The fourth-order valence-electron chi connectivity index (χ4n) is 4.40. The molecular weight excluding hydrogens is 462 g/mol. The standard InChI is InChI=1S/C29H28F2N2O3/c1-19(2)12-17-25-26(27(30)31)33(22-8-4-3-5-9-22)29(36)32(25)18-20-13-15-21(16-14-20)23-10-6-7-11-24(23)28(34)35/h3-11,13-16,19,27H,12,17-18H2,1-2H3,(H,34,35). The first-order valence-electron chi connectivity index (χ1n) is 11.9. The number of benzene rings is 3. The average Bonchev–Trinajstić information content (AvgIpc) is 3.15. The number of carbonyl (C=O) groups is 1. The van der Waals surface area contributed by atoms with Crippen LogP contribution in [0.4, 0.5) is 8.78 Å². The van der Waals surface area contributed by atoms with Gasteiger partial charge in [-0.15, -0.1) is 0 Å². The van der Waals surface area contributed by atoms with Crippen molar-refractivity contribution in [3.05, 3.63) is 112 Å². The first kappa shape index (κ1) is 25.1. The lowest BCUT2D eigenvalue weighted by Crippen LogP contribution is -2.25. The van der Waals surface area contributed by atoms with Crippen molar-refractivity contribution in [2.45, 2.75) is 39.7 Å². The van der Waals surface area contributed by atoms with E-state index in [9.17, 15) is 23.5 Å². The van der Waals surface area contributed by atoms with Crippen LogP contribution >= 0.6 is 0 Å². The van der Waals surface area contributed by atoms with E-state index in [-0.39, 0.29) is 23.7 Å². The second-order valence-corrected chi connectivity index (χ2v) is 9.15. The van der Waals surface area contributed by atoms with Gasteiger partial charge in [0.2, 0.25) is 0 Å². The number of rotatable bonds is 9. The highest BCUT2D eigenvalue weighted by atomic mass is 19.3. The van der Waals surface area contributed by atoms with Crippen molar-refractivity contribution in [1.29, 1.82) is 0 Å². The van der Waals surface area contributed by atoms with Gasteiger partial charge in [0.25, 0.3) is 6.43 Å². The van der Waals surface area contributed by atoms with Crippen LogP contribution in [0.1, 0.15) is 54.0 Å². The number of carboxylic acids is 1. The van der Waals surface area contributed by atoms with Crippen LogP contribution in [-0.2, 0) is 13.0 Å². The normalized spacial score (nSPS) is 11.4. The SMILES string of the molecule is CC(C)CCc1c(C(F)F)n(-c2ccccc2)c(=O)n1Cc1ccc(-c2ccccc2C(=O)O)cc1. The Morgan fingerprint density at radius 3 is 2.17 bits per heavy atom. The van der Waals surface area contributed by atoms with E-state index in [4.69, 9.17) is 0 Å². The van der Waals surface area contributed by atoms with Gasteiger partial charge in [-0.3, -0.25) is 9.13 Å². The molecule has 4 aromatic rings. The Morgan fingerprint density at radius 2 is 1.56 bits per heavy atom. The molecule has 0 bridgehead atoms. The molecular formula is C29H28F2N2O3. The van der Waals surface area contributed by atoms with E-state index in [1.54, 1.807) is 78.9 Å². The number of aromatic carboxylic acids is 1. The van der Waals surface area contributed by atoms with E-state index in [0.717, 1.165) is 15.7 Å². The van der Waals surface area contributed by atoms with E-state index in [0.29, 0.717) is 29.8 Å².